The number of H-pyrrole nitrogens is 1. The zero-order chi connectivity index (χ0) is 15.0. The number of oxazole rings is 1. The highest BCUT2D eigenvalue weighted by Gasteiger charge is 2.21. The van der Waals surface area contributed by atoms with Crippen molar-refractivity contribution in [1.82, 2.24) is 15.2 Å². The Labute approximate surface area is 121 Å². The molecular weight excluding hydrogens is 268 g/mol. The number of carbonyl (C=O) groups is 1. The molecule has 21 heavy (non-hydrogen) atoms. The van der Waals surface area contributed by atoms with E-state index in [0.717, 1.165) is 10.9 Å². The Hall–Kier alpha value is -2.63. The van der Waals surface area contributed by atoms with Gasteiger partial charge in [0, 0.05) is 18.0 Å². The molecule has 3 aromatic rings. The van der Waals surface area contributed by atoms with Gasteiger partial charge in [0.15, 0.2) is 5.89 Å². The monoisotopic (exact) mass is 284 g/mol. The van der Waals surface area contributed by atoms with Crippen molar-refractivity contribution in [2.75, 3.05) is 5.32 Å². The quantitative estimate of drug-likeness (QED) is 0.773. The molecule has 0 bridgehead atoms. The fourth-order valence-electron chi connectivity index (χ4n) is 2.20. The maximum atomic E-state index is 12.4. The van der Waals surface area contributed by atoms with Crippen LogP contribution in [0.25, 0.3) is 10.9 Å². The third kappa shape index (κ3) is 2.52. The number of benzene rings is 1. The molecule has 1 amide bonds. The molecule has 0 atom stereocenters. The summed E-state index contributed by atoms with van der Waals surface area (Å²) in [6.07, 6.45) is 1.73. The number of aryl methyl sites for hydroxylation is 1. The van der Waals surface area contributed by atoms with Gasteiger partial charge in [0.05, 0.1) is 17.4 Å². The normalized spacial score (nSPS) is 11.2. The van der Waals surface area contributed by atoms with Crippen LogP contribution < -0.4 is 5.32 Å². The van der Waals surface area contributed by atoms with E-state index < -0.39 is 0 Å². The Balaban J connectivity index is 1.88. The van der Waals surface area contributed by atoms with E-state index in [9.17, 15) is 4.79 Å². The summed E-state index contributed by atoms with van der Waals surface area (Å²) in [5, 5.41) is 10.6. The van der Waals surface area contributed by atoms with Crippen LogP contribution in [0, 0.1) is 6.92 Å². The summed E-state index contributed by atoms with van der Waals surface area (Å²) >= 11 is 0. The van der Waals surface area contributed by atoms with Crippen LogP contribution in [0.2, 0.25) is 0 Å². The van der Waals surface area contributed by atoms with E-state index in [4.69, 9.17) is 4.42 Å². The average Bonchev–Trinajstić information content (AvgIpc) is 3.04. The Morgan fingerprint density at radius 3 is 2.95 bits per heavy atom. The van der Waals surface area contributed by atoms with E-state index in [2.05, 4.69) is 20.5 Å². The minimum absolute atomic E-state index is 0.123. The predicted octanol–water partition coefficient (Wildman–Crippen LogP) is 3.24. The summed E-state index contributed by atoms with van der Waals surface area (Å²) in [5.41, 5.74) is 2.22. The largest absolute Gasteiger partial charge is 0.436 e. The van der Waals surface area contributed by atoms with Crippen molar-refractivity contribution in [2.24, 2.45) is 0 Å². The lowest BCUT2D eigenvalue weighted by atomic mass is 10.1. The van der Waals surface area contributed by atoms with Crippen LogP contribution in [0.5, 0.6) is 0 Å². The number of hydrogen-bond acceptors (Lipinski definition) is 4. The van der Waals surface area contributed by atoms with Gasteiger partial charge in [0.25, 0.3) is 5.91 Å². The smallest absolute Gasteiger partial charge is 0.293 e. The highest BCUT2D eigenvalue weighted by molar-refractivity contribution is 6.03. The minimum atomic E-state index is -0.293. The van der Waals surface area contributed by atoms with Crippen LogP contribution in [-0.2, 0) is 0 Å². The fraction of sp³-hybridized carbons (Fsp3) is 0.267. The van der Waals surface area contributed by atoms with Gasteiger partial charge in [-0.05, 0) is 24.1 Å². The third-order valence-electron chi connectivity index (χ3n) is 3.21. The predicted molar refractivity (Wildman–Crippen MR) is 79.4 cm³/mol. The van der Waals surface area contributed by atoms with Crippen molar-refractivity contribution >= 4 is 22.5 Å². The van der Waals surface area contributed by atoms with Gasteiger partial charge in [-0.3, -0.25) is 9.89 Å². The molecule has 6 nitrogen and oxygen atoms in total. The van der Waals surface area contributed by atoms with Crippen LogP contribution in [0.4, 0.5) is 5.69 Å². The number of nitrogens with zero attached hydrogens (tertiary/aromatic N) is 2. The van der Waals surface area contributed by atoms with Gasteiger partial charge in [-0.15, -0.1) is 0 Å². The zero-order valence-electron chi connectivity index (χ0n) is 12.1. The molecule has 0 saturated heterocycles. The molecule has 0 fully saturated rings. The maximum absolute atomic E-state index is 12.4. The summed E-state index contributed by atoms with van der Waals surface area (Å²) in [4.78, 5) is 16.6. The lowest BCUT2D eigenvalue weighted by molar-refractivity contribution is 0.0993. The van der Waals surface area contributed by atoms with Gasteiger partial charge in [0.2, 0.25) is 5.76 Å². The third-order valence-corrected chi connectivity index (χ3v) is 3.21. The topological polar surface area (TPSA) is 83.8 Å². The minimum Gasteiger partial charge on any atom is -0.436 e. The van der Waals surface area contributed by atoms with Crippen molar-refractivity contribution in [1.29, 1.82) is 0 Å². The summed E-state index contributed by atoms with van der Waals surface area (Å²) in [5.74, 6) is 0.594. The van der Waals surface area contributed by atoms with E-state index in [1.165, 1.54) is 0 Å². The molecule has 108 valence electrons. The standard InChI is InChI=1S/C15H16N4O2/c1-8(2)13-14(21-9(3)17-13)15(20)18-11-5-4-10-7-16-19-12(10)6-11/h4-8H,1-3H3,(H,16,19)(H,18,20). The summed E-state index contributed by atoms with van der Waals surface area (Å²) in [7, 11) is 0. The van der Waals surface area contributed by atoms with Crippen LogP contribution in [0.1, 0.15) is 41.9 Å². The number of hydrogen-bond donors (Lipinski definition) is 2. The van der Waals surface area contributed by atoms with Gasteiger partial charge in [0.1, 0.15) is 0 Å². The van der Waals surface area contributed by atoms with Gasteiger partial charge in [-0.1, -0.05) is 13.8 Å². The van der Waals surface area contributed by atoms with Crippen molar-refractivity contribution in [3.05, 3.63) is 41.7 Å². The molecule has 0 radical (unpaired) electrons. The molecule has 0 aliphatic heterocycles. The Bertz CT molecular complexity index is 801. The van der Waals surface area contributed by atoms with E-state index in [0.29, 0.717) is 17.3 Å². The highest BCUT2D eigenvalue weighted by Crippen LogP contribution is 2.22. The molecule has 0 spiro atoms. The second-order valence-electron chi connectivity index (χ2n) is 5.23. The Morgan fingerprint density at radius 1 is 1.38 bits per heavy atom. The summed E-state index contributed by atoms with van der Waals surface area (Å²) in [6, 6.07) is 5.55. The number of nitrogens with one attached hydrogen (secondary N) is 2. The Morgan fingerprint density at radius 2 is 2.19 bits per heavy atom. The summed E-state index contributed by atoms with van der Waals surface area (Å²) in [6.45, 7) is 5.69. The van der Waals surface area contributed by atoms with Gasteiger partial charge >= 0.3 is 0 Å². The zero-order valence-corrected chi connectivity index (χ0v) is 12.1. The van der Waals surface area contributed by atoms with Crippen LogP contribution in [0.15, 0.2) is 28.8 Å². The number of carbonyl (C=O) groups excluding carboxylic acids is 1. The molecule has 6 heteroatoms. The number of fused-ring (bicyclic) bond motifs is 1. The second kappa shape index (κ2) is 5.05. The molecular formula is C15H16N4O2. The molecule has 2 heterocycles. The van der Waals surface area contributed by atoms with Crippen molar-refractivity contribution in [3.63, 3.8) is 0 Å². The second-order valence-corrected chi connectivity index (χ2v) is 5.23. The number of rotatable bonds is 3. The van der Waals surface area contributed by atoms with E-state index in [1.54, 1.807) is 13.1 Å². The summed E-state index contributed by atoms with van der Waals surface area (Å²) < 4.78 is 5.44. The molecule has 3 rings (SSSR count). The Kier molecular flexibility index (Phi) is 3.21. The first-order valence-corrected chi connectivity index (χ1v) is 6.76. The van der Waals surface area contributed by atoms with E-state index >= 15 is 0 Å². The molecule has 1 aromatic carbocycles. The lowest BCUT2D eigenvalue weighted by Gasteiger charge is -2.06. The highest BCUT2D eigenvalue weighted by atomic mass is 16.4. The van der Waals surface area contributed by atoms with Gasteiger partial charge in [-0.2, -0.15) is 5.10 Å². The first-order chi connectivity index (χ1) is 10.0. The van der Waals surface area contributed by atoms with E-state index in [1.807, 2.05) is 32.0 Å². The number of aromatic nitrogens is 3. The number of aromatic amines is 1. The molecule has 2 N–H and O–H groups in total. The van der Waals surface area contributed by atoms with Crippen molar-refractivity contribution in [3.8, 4) is 0 Å². The number of amides is 1. The van der Waals surface area contributed by atoms with E-state index in [-0.39, 0.29) is 17.6 Å². The van der Waals surface area contributed by atoms with Crippen LogP contribution in [-0.4, -0.2) is 21.1 Å². The molecule has 0 saturated carbocycles. The van der Waals surface area contributed by atoms with Crippen molar-refractivity contribution in [2.45, 2.75) is 26.7 Å². The molecule has 0 aliphatic rings. The van der Waals surface area contributed by atoms with Crippen LogP contribution >= 0.6 is 0 Å². The SMILES string of the molecule is Cc1nc(C(C)C)c(C(=O)Nc2ccc3cn[nH]c3c2)o1. The maximum Gasteiger partial charge on any atom is 0.293 e. The average molecular weight is 284 g/mol. The molecule has 2 aromatic heterocycles. The number of anilines is 1. The lowest BCUT2D eigenvalue weighted by Crippen LogP contribution is -2.13. The van der Waals surface area contributed by atoms with Crippen LogP contribution in [0.3, 0.4) is 0 Å². The van der Waals surface area contributed by atoms with Crippen molar-refractivity contribution < 1.29 is 9.21 Å². The van der Waals surface area contributed by atoms with Gasteiger partial charge < -0.3 is 9.73 Å². The first-order valence-electron chi connectivity index (χ1n) is 6.76. The first kappa shape index (κ1) is 13.4. The molecule has 0 unspecified atom stereocenters. The molecule has 0 aliphatic carbocycles. The fourth-order valence-corrected chi connectivity index (χ4v) is 2.20. The van der Waals surface area contributed by atoms with Gasteiger partial charge in [-0.25, -0.2) is 4.98 Å².